The van der Waals surface area contributed by atoms with Crippen LogP contribution >= 0.6 is 0 Å². The fourth-order valence-electron chi connectivity index (χ4n) is 13.4. The molecule has 2 aliphatic rings. The summed E-state index contributed by atoms with van der Waals surface area (Å²) in [6.45, 7) is 17.1. The molecule has 0 bridgehead atoms. The van der Waals surface area contributed by atoms with Gasteiger partial charge in [0.25, 0.3) is 0 Å². The van der Waals surface area contributed by atoms with Crippen LogP contribution in [0.4, 0.5) is 0 Å². The van der Waals surface area contributed by atoms with Gasteiger partial charge in [-0.15, -0.1) is 13.2 Å². The summed E-state index contributed by atoms with van der Waals surface area (Å²) in [5.74, 6) is 0. The Morgan fingerprint density at radius 3 is 1.45 bits per heavy atom. The number of fused-ring (bicyclic) bond motifs is 9. The number of hydrogen-bond acceptors (Lipinski definition) is 0. The number of hydrogen-bond donors (Lipinski definition) is 0. The van der Waals surface area contributed by atoms with E-state index < -0.39 is 0 Å². The summed E-state index contributed by atoms with van der Waals surface area (Å²) < 4.78 is 2.43. The van der Waals surface area contributed by atoms with Crippen LogP contribution in [0.25, 0.3) is 99.9 Å². The Labute approximate surface area is 537 Å². The molecule has 0 atom stereocenters. The van der Waals surface area contributed by atoms with Crippen molar-refractivity contribution in [3.8, 4) is 50.2 Å². The summed E-state index contributed by atoms with van der Waals surface area (Å²) in [5, 5.41) is 2.47. The maximum absolute atomic E-state index is 4.53. The van der Waals surface area contributed by atoms with Crippen molar-refractivity contribution in [3.63, 3.8) is 0 Å². The van der Waals surface area contributed by atoms with Gasteiger partial charge in [0.1, 0.15) is 0 Å². The van der Waals surface area contributed by atoms with Gasteiger partial charge in [-0.05, 0) is 223 Å². The highest BCUT2D eigenvalue weighted by atomic mass is 15.0. The van der Waals surface area contributed by atoms with E-state index in [1.165, 1.54) is 133 Å². The molecule has 0 amide bonds. The molecule has 15 rings (SSSR count). The second kappa shape index (κ2) is 26.7. The number of benzene rings is 12. The Bertz CT molecular complexity index is 4920. The van der Waals surface area contributed by atoms with E-state index in [4.69, 9.17) is 0 Å². The van der Waals surface area contributed by atoms with Crippen molar-refractivity contribution in [2.75, 3.05) is 0 Å². The summed E-state index contributed by atoms with van der Waals surface area (Å²) in [5.41, 5.74) is 33.7. The highest BCUT2D eigenvalue weighted by Gasteiger charge is 2.25. The van der Waals surface area contributed by atoms with Gasteiger partial charge < -0.3 is 4.57 Å². The molecule has 0 radical (unpaired) electrons. The predicted molar refractivity (Wildman–Crippen MR) is 392 cm³/mol. The smallest absolute Gasteiger partial charge is 0.0547 e. The Kier molecular flexibility index (Phi) is 17.3. The van der Waals surface area contributed by atoms with Crippen LogP contribution in [-0.4, -0.2) is 4.57 Å². The molecule has 2 aliphatic carbocycles. The van der Waals surface area contributed by atoms with Gasteiger partial charge in [0.05, 0.1) is 11.0 Å². The molecule has 0 spiro atoms. The van der Waals surface area contributed by atoms with E-state index in [1.807, 2.05) is 18.2 Å². The molecule has 0 fully saturated rings. The molecule has 13 aromatic rings. The zero-order valence-corrected chi connectivity index (χ0v) is 52.2. The molecule has 12 aromatic carbocycles. The Morgan fingerprint density at radius 1 is 0.396 bits per heavy atom. The number of para-hydroxylation sites is 1. The van der Waals surface area contributed by atoms with Crippen molar-refractivity contribution in [1.29, 1.82) is 0 Å². The molecule has 0 aliphatic heterocycles. The molecule has 1 heteroatoms. The van der Waals surface area contributed by atoms with Gasteiger partial charge in [-0.25, -0.2) is 0 Å². The summed E-state index contributed by atoms with van der Waals surface area (Å²) in [6, 6.07) is 106. The summed E-state index contributed by atoms with van der Waals surface area (Å²) in [4.78, 5) is 0. The van der Waals surface area contributed by atoms with E-state index in [0.29, 0.717) is 0 Å². The predicted octanol–water partition coefficient (Wildman–Crippen LogP) is 24.0. The lowest BCUT2D eigenvalue weighted by Crippen LogP contribution is -1.93. The van der Waals surface area contributed by atoms with Crippen molar-refractivity contribution in [3.05, 3.63) is 396 Å². The van der Waals surface area contributed by atoms with E-state index in [-0.39, 0.29) is 0 Å². The third kappa shape index (κ3) is 12.4. The lowest BCUT2D eigenvalue weighted by atomic mass is 9.90. The number of nitrogens with zero attached hydrogens (tertiary/aromatic N) is 1. The molecule has 0 unspecified atom stereocenters. The summed E-state index contributed by atoms with van der Waals surface area (Å²) in [6.07, 6.45) is 12.1. The van der Waals surface area contributed by atoms with Crippen molar-refractivity contribution in [1.82, 2.24) is 4.57 Å². The highest BCUT2D eigenvalue weighted by Crippen LogP contribution is 2.47. The Hall–Kier alpha value is -11.1. The van der Waals surface area contributed by atoms with E-state index in [9.17, 15) is 0 Å². The van der Waals surface area contributed by atoms with Crippen molar-refractivity contribution < 1.29 is 0 Å². The monoisotopic (exact) mass is 1170 g/mol. The molecule has 0 N–H and O–H groups in total. The average Bonchev–Trinajstić information content (AvgIpc) is 1.61. The molecule has 0 saturated heterocycles. The third-order valence-electron chi connectivity index (χ3n) is 17.9. The molecular formula is C90H73N. The first-order valence-electron chi connectivity index (χ1n) is 31.6. The molecule has 438 valence electrons. The normalized spacial score (nSPS) is 12.5. The second-order valence-electron chi connectivity index (χ2n) is 23.8. The maximum atomic E-state index is 4.53. The quantitative estimate of drug-likeness (QED) is 0.0801. The molecule has 1 aromatic heterocycles. The van der Waals surface area contributed by atoms with Crippen molar-refractivity contribution >= 4 is 49.7 Å². The number of aromatic nitrogens is 1. The van der Waals surface area contributed by atoms with E-state index in [2.05, 4.69) is 342 Å². The molecule has 91 heavy (non-hydrogen) atoms. The van der Waals surface area contributed by atoms with Crippen LogP contribution in [0.1, 0.15) is 75.0 Å². The van der Waals surface area contributed by atoms with Crippen LogP contribution in [0.2, 0.25) is 0 Å². The first-order chi connectivity index (χ1) is 44.8. The Morgan fingerprint density at radius 2 is 0.857 bits per heavy atom. The van der Waals surface area contributed by atoms with Gasteiger partial charge in [0.15, 0.2) is 0 Å². The minimum atomic E-state index is 0.875. The van der Waals surface area contributed by atoms with Gasteiger partial charge in [-0.3, -0.25) is 0 Å². The topological polar surface area (TPSA) is 4.93 Å². The van der Waals surface area contributed by atoms with Gasteiger partial charge in [-0.2, -0.15) is 0 Å². The van der Waals surface area contributed by atoms with Gasteiger partial charge in [0, 0.05) is 16.5 Å². The minimum absolute atomic E-state index is 0.875. The van der Waals surface area contributed by atoms with Crippen LogP contribution in [0, 0.1) is 6.92 Å². The highest BCUT2D eigenvalue weighted by molar-refractivity contribution is 6.15. The minimum Gasteiger partial charge on any atom is -0.309 e. The summed E-state index contributed by atoms with van der Waals surface area (Å²) >= 11 is 0. The van der Waals surface area contributed by atoms with E-state index >= 15 is 0 Å². The van der Waals surface area contributed by atoms with Gasteiger partial charge >= 0.3 is 0 Å². The van der Waals surface area contributed by atoms with Crippen LogP contribution in [0.3, 0.4) is 0 Å². The van der Waals surface area contributed by atoms with E-state index in [0.717, 1.165) is 47.2 Å². The van der Waals surface area contributed by atoms with Crippen LogP contribution < -0.4 is 0 Å². The SMILES string of the molecule is C=C.C=C(/C=C(\C=C(/C)c1cccc2c1c1cc(-c3ccc4c(c3)-c3cc(-c5ccc6c(c5)-c5c(cccc5/C(C)=C/C(=C\Cc5ccccc5)c5ccccc5)C6)ccc3C4)ccc1n2-c1ccccc1)c1ccccc1)c1ccccc1.Cc1ccccc1. The van der Waals surface area contributed by atoms with Crippen LogP contribution in [0.15, 0.2) is 335 Å². The largest absolute Gasteiger partial charge is 0.309 e. The van der Waals surface area contributed by atoms with Crippen LogP contribution in [0.5, 0.6) is 0 Å². The Balaban J connectivity index is 0.000000784. The van der Waals surface area contributed by atoms with Crippen molar-refractivity contribution in [2.45, 2.75) is 40.0 Å². The number of rotatable bonds is 13. The lowest BCUT2D eigenvalue weighted by molar-refractivity contribution is 1.18. The first kappa shape index (κ1) is 58.9. The zero-order valence-electron chi connectivity index (χ0n) is 52.2. The number of aryl methyl sites for hydroxylation is 1. The van der Waals surface area contributed by atoms with Gasteiger partial charge in [-0.1, -0.05) is 273 Å². The third-order valence-corrected chi connectivity index (χ3v) is 17.9. The molecule has 1 heterocycles. The lowest BCUT2D eigenvalue weighted by Gasteiger charge is -2.14. The standard InChI is InChI=1S/C81H61N.C7H8.C2H4/c1-54(58-23-11-5-12-24-58)45-70(60-27-15-7-16-28-60)47-56(3)73-33-20-34-79-81(73)77-53-65(43-44-78(77)82(79)71-30-17-8-18-31-71)63-38-41-67-48-66-40-37-62(50-74(66)75(67)51-63)64-39-42-68-49-69-29-19-32-72(80(69)76(68)52-64)55(2)46-61(59-25-13-6-14-26-59)36-35-57-21-9-4-10-22-57;1-7-5-3-2-4-6-7;1-2/h4-34,36-47,50-53H,1,35,48-49H2,2-3H3;2-6H,1H3;1-2H2/b55-46+,56-47+,61-36+,70-45+;;. The first-order valence-corrected chi connectivity index (χ1v) is 31.6. The fraction of sp³-hybridized carbons (Fsp3) is 0.0667. The van der Waals surface area contributed by atoms with E-state index in [1.54, 1.807) is 0 Å². The molecule has 0 saturated carbocycles. The van der Waals surface area contributed by atoms with Gasteiger partial charge in [0.2, 0.25) is 0 Å². The van der Waals surface area contributed by atoms with Crippen molar-refractivity contribution in [2.24, 2.45) is 0 Å². The number of allylic oxidation sites excluding steroid dienone is 9. The molecular weight excluding hydrogens is 1090 g/mol. The maximum Gasteiger partial charge on any atom is 0.0547 e. The zero-order chi connectivity index (χ0) is 62.2. The fourth-order valence-corrected chi connectivity index (χ4v) is 13.4. The summed E-state index contributed by atoms with van der Waals surface area (Å²) in [7, 11) is 0. The average molecular weight is 1170 g/mol. The molecule has 1 nitrogen and oxygen atoms in total. The second-order valence-corrected chi connectivity index (χ2v) is 23.8. The van der Waals surface area contributed by atoms with Crippen LogP contribution in [-0.2, 0) is 19.3 Å².